The molecule has 15 heteroatoms. The van der Waals surface area contributed by atoms with E-state index in [0.717, 1.165) is 0 Å². The molecule has 8 nitrogen and oxygen atoms in total. The van der Waals surface area contributed by atoms with Gasteiger partial charge in [0.05, 0.1) is 12.1 Å². The van der Waals surface area contributed by atoms with Crippen LogP contribution in [0.4, 0.5) is 37.7 Å². The quantitative estimate of drug-likeness (QED) is 0.211. The van der Waals surface area contributed by atoms with E-state index in [-0.39, 0.29) is 0 Å². The second-order valence-corrected chi connectivity index (χ2v) is 4.86. The maximum atomic E-state index is 12.4. The van der Waals surface area contributed by atoms with Crippen molar-refractivity contribution in [1.29, 1.82) is 10.8 Å². The first-order chi connectivity index (χ1) is 12.3. The van der Waals surface area contributed by atoms with Crippen LogP contribution in [0.1, 0.15) is 0 Å². The summed E-state index contributed by atoms with van der Waals surface area (Å²) < 4.78 is 108. The van der Waals surface area contributed by atoms with Gasteiger partial charge in [-0.3, -0.25) is 8.42 Å². The molecule has 0 spiro atoms. The first-order valence-corrected chi connectivity index (χ1v) is 7.29. The van der Waals surface area contributed by atoms with Gasteiger partial charge in [0.2, 0.25) is 22.4 Å². The van der Waals surface area contributed by atoms with Crippen molar-refractivity contribution in [3.05, 3.63) is 69.1 Å². The van der Waals surface area contributed by atoms with E-state index >= 15 is 0 Å². The van der Waals surface area contributed by atoms with Crippen LogP contribution in [-0.2, 0) is 10.4 Å². The highest BCUT2D eigenvalue weighted by Crippen LogP contribution is 2.21. The minimum Gasteiger partial charge on any atom is -0.759 e. The molecule has 0 saturated heterocycles. The van der Waals surface area contributed by atoms with Crippen LogP contribution in [0.15, 0.2) is 24.3 Å². The molecule has 0 aliphatic carbocycles. The first kappa shape index (κ1) is 23.7. The molecule has 0 heterocycles. The zero-order valence-electron chi connectivity index (χ0n) is 12.4. The molecule has 2 aromatic rings. The van der Waals surface area contributed by atoms with Crippen molar-refractivity contribution in [2.45, 2.75) is 0 Å². The van der Waals surface area contributed by atoms with Crippen molar-refractivity contribution >= 4 is 21.8 Å². The molecule has 0 amide bonds. The lowest BCUT2D eigenvalue weighted by molar-refractivity contribution is 0.352. The minimum atomic E-state index is -5.17. The number of benzene rings is 2. The number of diazo groups is 2. The average molecular weight is 414 g/mol. The van der Waals surface area contributed by atoms with Gasteiger partial charge in [-0.15, -0.1) is 0 Å². The fourth-order valence-corrected chi connectivity index (χ4v) is 1.18. The van der Waals surface area contributed by atoms with Crippen LogP contribution in [0, 0.1) is 45.7 Å². The van der Waals surface area contributed by atoms with Gasteiger partial charge in [0.15, 0.2) is 33.2 Å². The summed E-state index contributed by atoms with van der Waals surface area (Å²) in [5.74, 6) is -7.33. The van der Waals surface area contributed by atoms with Crippen LogP contribution in [0.3, 0.4) is 0 Å². The molecule has 0 unspecified atom stereocenters. The van der Waals surface area contributed by atoms with Gasteiger partial charge in [-0.1, -0.05) is 0 Å². The van der Waals surface area contributed by atoms with Crippen molar-refractivity contribution in [2.75, 3.05) is 0 Å². The summed E-state index contributed by atoms with van der Waals surface area (Å²) in [5.41, 5.74) is -1.24. The highest BCUT2D eigenvalue weighted by molar-refractivity contribution is 7.79. The van der Waals surface area contributed by atoms with Gasteiger partial charge in [0.1, 0.15) is 0 Å². The smallest absolute Gasteiger partial charge is 0.423 e. The maximum absolute atomic E-state index is 12.4. The Labute approximate surface area is 146 Å². The van der Waals surface area contributed by atoms with Crippen LogP contribution in [0.2, 0.25) is 0 Å². The second kappa shape index (κ2) is 10.0. The maximum Gasteiger partial charge on any atom is 0.423 e. The third-order valence-corrected chi connectivity index (χ3v) is 2.19. The normalized spacial score (nSPS) is 9.70. The molecule has 0 aliphatic rings. The third-order valence-electron chi connectivity index (χ3n) is 2.19. The van der Waals surface area contributed by atoms with Crippen molar-refractivity contribution in [3.8, 4) is 0 Å². The molecular formula is C12H4F6N4O4S. The number of rotatable bonds is 0. The lowest BCUT2D eigenvalue weighted by atomic mass is 10.3. The Balaban J connectivity index is 0.000000405. The molecule has 0 aliphatic heterocycles. The van der Waals surface area contributed by atoms with E-state index in [1.54, 1.807) is 0 Å². The summed E-state index contributed by atoms with van der Waals surface area (Å²) in [5, 5.41) is 16.1. The standard InChI is InChI=1S/2C6H2F3N2.H2O4S/c2*7-3-1-5(9)6(11-10)2-4(3)8;1-5(2,3)4/h2*1-2H;(H2,1,2,3,4)/q2*+1;/p-2. The van der Waals surface area contributed by atoms with E-state index in [0.29, 0.717) is 24.3 Å². The van der Waals surface area contributed by atoms with Crippen LogP contribution in [0.5, 0.6) is 0 Å². The van der Waals surface area contributed by atoms with Crippen LogP contribution in [0.25, 0.3) is 9.95 Å². The summed E-state index contributed by atoms with van der Waals surface area (Å²) in [7, 11) is -5.17. The molecule has 0 fully saturated rings. The fourth-order valence-electron chi connectivity index (χ4n) is 1.18. The van der Waals surface area contributed by atoms with Gasteiger partial charge < -0.3 is 9.11 Å². The van der Waals surface area contributed by atoms with Crippen LogP contribution >= 0.6 is 0 Å². The summed E-state index contributed by atoms with van der Waals surface area (Å²) >= 11 is 0. The molecule has 27 heavy (non-hydrogen) atoms. The van der Waals surface area contributed by atoms with Crippen molar-refractivity contribution < 1.29 is 43.9 Å². The first-order valence-electron chi connectivity index (χ1n) is 5.96. The molecule has 2 aromatic carbocycles. The highest BCUT2D eigenvalue weighted by Gasteiger charge is 2.19. The average Bonchev–Trinajstić information content (AvgIpc) is 2.53. The van der Waals surface area contributed by atoms with Gasteiger partial charge in [0.25, 0.3) is 0 Å². The summed E-state index contributed by atoms with van der Waals surface area (Å²) in [6.07, 6.45) is 0. The van der Waals surface area contributed by atoms with E-state index in [1.807, 2.05) is 0 Å². The van der Waals surface area contributed by atoms with Gasteiger partial charge in [-0.2, -0.15) is 8.78 Å². The molecule has 144 valence electrons. The van der Waals surface area contributed by atoms with Crippen molar-refractivity contribution in [1.82, 2.24) is 0 Å². The SMILES string of the molecule is N#[N+]c1cc(F)c(F)cc1F.N#[N+]c1cc(F)c(F)cc1F.O=S(=O)([O-])[O-]. The topological polar surface area (TPSA) is 137 Å². The minimum absolute atomic E-state index is 0.310. The molecule has 0 saturated carbocycles. The van der Waals surface area contributed by atoms with E-state index in [9.17, 15) is 26.3 Å². The Morgan fingerprint density at radius 1 is 0.630 bits per heavy atom. The summed E-state index contributed by atoms with van der Waals surface area (Å²) in [6.45, 7) is 0. The molecule has 0 N–H and O–H groups in total. The number of nitrogens with zero attached hydrogens (tertiary/aromatic N) is 4. The van der Waals surface area contributed by atoms with Gasteiger partial charge in [-0.25, -0.2) is 17.6 Å². The van der Waals surface area contributed by atoms with Gasteiger partial charge >= 0.3 is 11.4 Å². The monoisotopic (exact) mass is 414 g/mol. The lowest BCUT2D eigenvalue weighted by Crippen LogP contribution is -1.91. The lowest BCUT2D eigenvalue weighted by Gasteiger charge is -2.06. The van der Waals surface area contributed by atoms with E-state index in [1.165, 1.54) is 0 Å². The Bertz CT molecular complexity index is 945. The Hall–Kier alpha value is -3.27. The Morgan fingerprint density at radius 3 is 1.07 bits per heavy atom. The second-order valence-electron chi connectivity index (χ2n) is 4.04. The molecule has 0 bridgehead atoms. The molecular weight excluding hydrogens is 410 g/mol. The third kappa shape index (κ3) is 9.12. The van der Waals surface area contributed by atoms with E-state index in [2.05, 4.69) is 9.95 Å². The van der Waals surface area contributed by atoms with E-state index in [4.69, 9.17) is 28.3 Å². The Kier molecular flexibility index (Phi) is 8.81. The van der Waals surface area contributed by atoms with Crippen molar-refractivity contribution in [3.63, 3.8) is 0 Å². The zero-order chi connectivity index (χ0) is 21.4. The summed E-state index contributed by atoms with van der Waals surface area (Å²) in [6, 6.07) is 1.55. The summed E-state index contributed by atoms with van der Waals surface area (Å²) in [4.78, 5) is 4.78. The van der Waals surface area contributed by atoms with Gasteiger partial charge in [0, 0.05) is 22.5 Å². The fraction of sp³-hybridized carbons (Fsp3) is 0. The van der Waals surface area contributed by atoms with E-state index < -0.39 is 56.7 Å². The zero-order valence-corrected chi connectivity index (χ0v) is 13.2. The number of hydrogen-bond donors (Lipinski definition) is 0. The molecule has 0 radical (unpaired) electrons. The number of hydrogen-bond acceptors (Lipinski definition) is 6. The number of halogens is 6. The predicted molar refractivity (Wildman–Crippen MR) is 72.6 cm³/mol. The molecule has 2 rings (SSSR count). The largest absolute Gasteiger partial charge is 0.759 e. The molecule has 0 atom stereocenters. The Morgan fingerprint density at radius 2 is 0.852 bits per heavy atom. The van der Waals surface area contributed by atoms with Crippen molar-refractivity contribution in [2.24, 2.45) is 0 Å². The van der Waals surface area contributed by atoms with Crippen LogP contribution < -0.4 is 0 Å². The highest BCUT2D eigenvalue weighted by atomic mass is 32.3. The van der Waals surface area contributed by atoms with Crippen LogP contribution in [-0.4, -0.2) is 17.5 Å². The predicted octanol–water partition coefficient (Wildman–Crippen LogP) is 3.84. The molecule has 0 aromatic heterocycles. The van der Waals surface area contributed by atoms with Gasteiger partial charge in [-0.05, 0) is 0 Å².